The molecule has 0 saturated carbocycles. The molecule has 64 heavy (non-hydrogen) atoms. The fourth-order valence-electron chi connectivity index (χ4n) is 7.83. The first-order chi connectivity index (χ1) is 31.1. The van der Waals surface area contributed by atoms with Gasteiger partial charge in [0.1, 0.15) is 12.6 Å². The maximum Gasteiger partial charge on any atom is 0.472 e. The van der Waals surface area contributed by atoms with Crippen LogP contribution < -0.4 is 5.73 Å². The van der Waals surface area contributed by atoms with E-state index in [2.05, 4.69) is 26.0 Å². The molecule has 0 aromatic rings. The number of carbonyl (C=O) groups excluding carboxylic acids is 2. The van der Waals surface area contributed by atoms with Crippen molar-refractivity contribution >= 4 is 25.7 Å². The largest absolute Gasteiger partial charge is 0.480 e. The summed E-state index contributed by atoms with van der Waals surface area (Å²) in [5.41, 5.74) is 5.36. The van der Waals surface area contributed by atoms with E-state index < -0.39 is 51.1 Å². The predicted octanol–water partition coefficient (Wildman–Crippen LogP) is 15.2. The number of aliphatic carboxylic acids is 1. The maximum absolute atomic E-state index is 12.7. The zero-order valence-corrected chi connectivity index (χ0v) is 42.3. The average molecular weight is 930 g/mol. The summed E-state index contributed by atoms with van der Waals surface area (Å²) in [5, 5.41) is 8.93. The molecule has 0 radical (unpaired) electrons. The second-order valence-electron chi connectivity index (χ2n) is 18.4. The molecule has 0 spiro atoms. The van der Waals surface area contributed by atoms with Crippen molar-refractivity contribution in [3.8, 4) is 0 Å². The van der Waals surface area contributed by atoms with Crippen LogP contribution in [0.3, 0.4) is 0 Å². The van der Waals surface area contributed by atoms with Gasteiger partial charge in [0.05, 0.1) is 13.2 Å². The van der Waals surface area contributed by atoms with Crippen molar-refractivity contribution in [3.05, 3.63) is 12.2 Å². The zero-order chi connectivity index (χ0) is 47.0. The van der Waals surface area contributed by atoms with Crippen molar-refractivity contribution in [2.24, 2.45) is 5.73 Å². The number of nitrogens with two attached hydrogens (primary N) is 1. The summed E-state index contributed by atoms with van der Waals surface area (Å²) < 4.78 is 32.9. The third kappa shape index (κ3) is 46.7. The lowest BCUT2D eigenvalue weighted by molar-refractivity contribution is -0.161. The Morgan fingerprint density at radius 3 is 1.14 bits per heavy atom. The van der Waals surface area contributed by atoms with Crippen LogP contribution in [0.2, 0.25) is 0 Å². The topological polar surface area (TPSA) is 172 Å². The maximum atomic E-state index is 12.7. The minimum atomic E-state index is -4.72. The van der Waals surface area contributed by atoms with E-state index in [-0.39, 0.29) is 19.4 Å². The molecule has 0 aromatic heterocycles. The first-order valence-corrected chi connectivity index (χ1v) is 28.2. The van der Waals surface area contributed by atoms with E-state index in [0.29, 0.717) is 12.8 Å². The van der Waals surface area contributed by atoms with Crippen molar-refractivity contribution in [3.63, 3.8) is 0 Å². The van der Waals surface area contributed by atoms with Gasteiger partial charge in [-0.3, -0.25) is 23.4 Å². The van der Waals surface area contributed by atoms with Crippen molar-refractivity contribution in [1.82, 2.24) is 0 Å². The van der Waals surface area contributed by atoms with Gasteiger partial charge in [0.25, 0.3) is 0 Å². The van der Waals surface area contributed by atoms with Crippen LogP contribution >= 0.6 is 7.82 Å². The molecule has 3 atom stereocenters. The van der Waals surface area contributed by atoms with Crippen molar-refractivity contribution in [2.45, 2.75) is 283 Å². The van der Waals surface area contributed by atoms with Gasteiger partial charge in [-0.1, -0.05) is 231 Å². The highest BCUT2D eigenvalue weighted by atomic mass is 31.2. The quantitative estimate of drug-likeness (QED) is 0.0229. The summed E-state index contributed by atoms with van der Waals surface area (Å²) in [6.07, 6.45) is 51.3. The number of esters is 2. The van der Waals surface area contributed by atoms with Crippen LogP contribution in [0.1, 0.15) is 271 Å². The van der Waals surface area contributed by atoms with Crippen LogP contribution in [0.5, 0.6) is 0 Å². The number of allylic oxidation sites excluding steroid dienone is 2. The highest BCUT2D eigenvalue weighted by Gasteiger charge is 2.28. The predicted molar refractivity (Wildman–Crippen MR) is 263 cm³/mol. The van der Waals surface area contributed by atoms with Gasteiger partial charge >= 0.3 is 25.7 Å². The van der Waals surface area contributed by atoms with Gasteiger partial charge in [-0.2, -0.15) is 0 Å². The normalized spacial score (nSPS) is 13.6. The van der Waals surface area contributed by atoms with E-state index in [9.17, 15) is 23.8 Å². The summed E-state index contributed by atoms with van der Waals surface area (Å²) in [6.45, 7) is 2.86. The number of hydrogen-bond acceptors (Lipinski definition) is 9. The standard InChI is InChI=1S/C52H100NO10P/c1-3-5-7-9-11-13-15-17-19-21-23-24-26-28-30-32-34-36-38-40-42-44-51(55)63-48(46-61-64(58,59)62-47-49(53)52(56)57)45-60-50(54)43-41-39-37-35-33-31-29-27-25-22-20-18-16-14-12-10-8-6-4-2/h21,23,48-49H,3-20,22,24-47,53H2,1-2H3,(H,56,57)(H,58,59)/b23-21-. The van der Waals surface area contributed by atoms with Crippen LogP contribution in [0.4, 0.5) is 0 Å². The Morgan fingerprint density at radius 2 is 0.781 bits per heavy atom. The van der Waals surface area contributed by atoms with E-state index in [4.69, 9.17) is 29.4 Å². The Hall–Kier alpha value is -1.78. The number of phosphoric ester groups is 1. The number of carboxylic acid groups (broad SMARTS) is 1. The van der Waals surface area contributed by atoms with Crippen LogP contribution in [-0.4, -0.2) is 59.9 Å². The highest BCUT2D eigenvalue weighted by Crippen LogP contribution is 2.43. The number of carboxylic acids is 1. The smallest absolute Gasteiger partial charge is 0.472 e. The first-order valence-electron chi connectivity index (χ1n) is 26.7. The second-order valence-corrected chi connectivity index (χ2v) is 19.8. The SMILES string of the molecule is CCCCCCCCCC/C=C\CCCCCCCCCCCC(=O)OC(COC(=O)CCCCCCCCCCCCCCCCCCCCC)COP(=O)(O)OCC(N)C(=O)O. The molecule has 0 heterocycles. The Morgan fingerprint density at radius 1 is 0.469 bits per heavy atom. The number of hydrogen-bond donors (Lipinski definition) is 3. The molecule has 3 unspecified atom stereocenters. The summed E-state index contributed by atoms with van der Waals surface area (Å²) in [6, 6.07) is -1.52. The number of ether oxygens (including phenoxy) is 2. The van der Waals surface area contributed by atoms with Gasteiger partial charge in [-0.05, 0) is 38.5 Å². The van der Waals surface area contributed by atoms with Crippen LogP contribution in [0.15, 0.2) is 12.2 Å². The number of unbranched alkanes of at least 4 members (excludes halogenated alkanes) is 35. The molecule has 0 fully saturated rings. The van der Waals surface area contributed by atoms with Crippen molar-refractivity contribution in [1.29, 1.82) is 0 Å². The van der Waals surface area contributed by atoms with Crippen LogP contribution in [0.25, 0.3) is 0 Å². The second kappa shape index (κ2) is 47.7. The molecule has 0 bridgehead atoms. The van der Waals surface area contributed by atoms with E-state index in [1.807, 2.05) is 0 Å². The molecule has 0 aromatic carbocycles. The minimum absolute atomic E-state index is 0.164. The fraction of sp³-hybridized carbons (Fsp3) is 0.904. The molecule has 12 heteroatoms. The van der Waals surface area contributed by atoms with Crippen molar-refractivity contribution < 1.29 is 47.5 Å². The third-order valence-corrected chi connectivity index (χ3v) is 13.0. The Kier molecular flexibility index (Phi) is 46.4. The molecular formula is C52H100NO10P. The molecule has 0 saturated heterocycles. The highest BCUT2D eigenvalue weighted by molar-refractivity contribution is 7.47. The monoisotopic (exact) mass is 930 g/mol. The van der Waals surface area contributed by atoms with Gasteiger partial charge in [-0.25, -0.2) is 4.57 Å². The van der Waals surface area contributed by atoms with Crippen LogP contribution in [-0.2, 0) is 37.5 Å². The lowest BCUT2D eigenvalue weighted by Gasteiger charge is -2.20. The van der Waals surface area contributed by atoms with E-state index in [1.54, 1.807) is 0 Å². The molecule has 0 rings (SSSR count). The molecule has 378 valence electrons. The van der Waals surface area contributed by atoms with Gasteiger partial charge in [0, 0.05) is 12.8 Å². The first kappa shape index (κ1) is 62.2. The van der Waals surface area contributed by atoms with Gasteiger partial charge in [-0.15, -0.1) is 0 Å². The van der Waals surface area contributed by atoms with Gasteiger partial charge in [0.15, 0.2) is 6.10 Å². The Balaban J connectivity index is 4.19. The average Bonchev–Trinajstić information content (AvgIpc) is 3.27. The molecule has 0 amide bonds. The Bertz CT molecular complexity index is 1140. The molecule has 4 N–H and O–H groups in total. The molecule has 11 nitrogen and oxygen atoms in total. The molecule has 0 aliphatic heterocycles. The Labute approximate surface area is 392 Å². The van der Waals surface area contributed by atoms with Crippen molar-refractivity contribution in [2.75, 3.05) is 19.8 Å². The fourth-order valence-corrected chi connectivity index (χ4v) is 8.61. The van der Waals surface area contributed by atoms with E-state index >= 15 is 0 Å². The van der Waals surface area contributed by atoms with E-state index in [0.717, 1.165) is 38.5 Å². The lowest BCUT2D eigenvalue weighted by Crippen LogP contribution is -2.34. The van der Waals surface area contributed by atoms with Gasteiger partial charge < -0.3 is 25.2 Å². The number of rotatable bonds is 51. The molecular weight excluding hydrogens is 830 g/mol. The summed E-state index contributed by atoms with van der Waals surface area (Å²) in [7, 11) is -4.72. The lowest BCUT2D eigenvalue weighted by atomic mass is 10.0. The summed E-state index contributed by atoms with van der Waals surface area (Å²) in [5.74, 6) is -2.36. The summed E-state index contributed by atoms with van der Waals surface area (Å²) >= 11 is 0. The summed E-state index contributed by atoms with van der Waals surface area (Å²) in [4.78, 5) is 46.2. The zero-order valence-electron chi connectivity index (χ0n) is 41.4. The number of carbonyl (C=O) groups is 3. The van der Waals surface area contributed by atoms with Gasteiger partial charge in [0.2, 0.25) is 0 Å². The molecule has 0 aliphatic carbocycles. The number of phosphoric acid groups is 1. The van der Waals surface area contributed by atoms with E-state index in [1.165, 1.54) is 193 Å². The minimum Gasteiger partial charge on any atom is -0.480 e. The third-order valence-electron chi connectivity index (χ3n) is 12.0. The molecule has 0 aliphatic rings. The van der Waals surface area contributed by atoms with Crippen LogP contribution in [0, 0.1) is 0 Å².